The van der Waals surface area contributed by atoms with E-state index < -0.39 is 0 Å². The number of aromatic nitrogens is 2. The van der Waals surface area contributed by atoms with Gasteiger partial charge in [-0.2, -0.15) is 0 Å². The highest BCUT2D eigenvalue weighted by atomic mass is 16.3. The Kier molecular flexibility index (Phi) is 4.50. The Hall–Kier alpha value is -2.99. The molecule has 1 fully saturated rings. The molecule has 1 amide bonds. The topological polar surface area (TPSA) is 78.4 Å². The molecule has 4 rings (SSSR count). The van der Waals surface area contributed by atoms with Crippen molar-refractivity contribution in [2.24, 2.45) is 0 Å². The molecule has 1 aliphatic heterocycles. The molecule has 3 aromatic rings. The third-order valence-corrected chi connectivity index (χ3v) is 4.62. The largest absolute Gasteiger partial charge is 0.391 e. The fourth-order valence-electron chi connectivity index (χ4n) is 3.32. The molecule has 1 saturated heterocycles. The first-order chi connectivity index (χ1) is 12.7. The maximum absolute atomic E-state index is 12.7. The maximum Gasteiger partial charge on any atom is 0.274 e. The van der Waals surface area contributed by atoms with Crippen LogP contribution in [0.3, 0.4) is 0 Å². The van der Waals surface area contributed by atoms with Gasteiger partial charge in [0.15, 0.2) is 0 Å². The molecule has 1 aliphatic rings. The Morgan fingerprint density at radius 2 is 2.04 bits per heavy atom. The first-order valence-corrected chi connectivity index (χ1v) is 8.75. The lowest BCUT2D eigenvalue weighted by Crippen LogP contribution is -2.38. The minimum absolute atomic E-state index is 0.275. The number of benzene rings is 1. The fourth-order valence-corrected chi connectivity index (χ4v) is 3.32. The number of nitrogens with one attached hydrogen (secondary N) is 1. The van der Waals surface area contributed by atoms with Crippen molar-refractivity contribution in [1.29, 1.82) is 0 Å². The van der Waals surface area contributed by atoms with Crippen LogP contribution in [0.2, 0.25) is 0 Å². The van der Waals surface area contributed by atoms with E-state index in [1.165, 1.54) is 0 Å². The highest BCUT2D eigenvalue weighted by Crippen LogP contribution is 2.23. The van der Waals surface area contributed by atoms with E-state index in [0.29, 0.717) is 17.9 Å². The van der Waals surface area contributed by atoms with Crippen LogP contribution >= 0.6 is 0 Å². The van der Waals surface area contributed by atoms with Gasteiger partial charge in [0.05, 0.1) is 17.3 Å². The first kappa shape index (κ1) is 16.5. The number of carbonyl (C=O) groups is 1. The number of β-amino-alcohol motifs (C(OH)–C–C–N with tert-alkyl or cyclic N) is 1. The quantitative estimate of drug-likeness (QED) is 0.761. The summed E-state index contributed by atoms with van der Waals surface area (Å²) in [6, 6.07) is 13.1. The van der Waals surface area contributed by atoms with Crippen LogP contribution in [0.25, 0.3) is 10.9 Å². The Morgan fingerprint density at radius 1 is 1.15 bits per heavy atom. The van der Waals surface area contributed by atoms with E-state index in [0.717, 1.165) is 36.0 Å². The number of amides is 1. The summed E-state index contributed by atoms with van der Waals surface area (Å²) in [5.41, 5.74) is 2.66. The smallest absolute Gasteiger partial charge is 0.274 e. The molecule has 6 heteroatoms. The van der Waals surface area contributed by atoms with Crippen LogP contribution in [0.4, 0.5) is 11.4 Å². The van der Waals surface area contributed by atoms with Crippen LogP contribution in [0.5, 0.6) is 0 Å². The number of pyridine rings is 2. The van der Waals surface area contributed by atoms with E-state index in [9.17, 15) is 9.90 Å². The van der Waals surface area contributed by atoms with Gasteiger partial charge in [-0.05, 0) is 37.1 Å². The molecule has 0 spiro atoms. The highest BCUT2D eigenvalue weighted by Gasteiger charge is 2.19. The van der Waals surface area contributed by atoms with Crippen LogP contribution in [0.15, 0.2) is 54.9 Å². The van der Waals surface area contributed by atoms with Gasteiger partial charge in [0.1, 0.15) is 5.69 Å². The van der Waals surface area contributed by atoms with Gasteiger partial charge in [-0.3, -0.25) is 14.8 Å². The van der Waals surface area contributed by atoms with Gasteiger partial charge in [-0.1, -0.05) is 18.2 Å². The maximum atomic E-state index is 12.7. The van der Waals surface area contributed by atoms with E-state index >= 15 is 0 Å². The minimum Gasteiger partial charge on any atom is -0.391 e. The predicted octanol–water partition coefficient (Wildman–Crippen LogP) is 2.84. The molecule has 1 aromatic carbocycles. The predicted molar refractivity (Wildman–Crippen MR) is 101 cm³/mol. The molecule has 0 unspecified atom stereocenters. The van der Waals surface area contributed by atoms with E-state index in [1.807, 2.05) is 36.4 Å². The number of carbonyl (C=O) groups excluding carboxylic acids is 1. The summed E-state index contributed by atoms with van der Waals surface area (Å²) in [6.45, 7) is 1.45. The molecular formula is C20H20N4O2. The number of rotatable bonds is 3. The summed E-state index contributed by atoms with van der Waals surface area (Å²) in [5.74, 6) is -0.275. The average Bonchev–Trinajstić information content (AvgIpc) is 2.68. The minimum atomic E-state index is -0.323. The zero-order valence-corrected chi connectivity index (χ0v) is 14.3. The molecule has 0 radical (unpaired) electrons. The monoisotopic (exact) mass is 348 g/mol. The van der Waals surface area contributed by atoms with Crippen molar-refractivity contribution in [3.8, 4) is 0 Å². The molecule has 6 nitrogen and oxygen atoms in total. The molecule has 0 aliphatic carbocycles. The second kappa shape index (κ2) is 7.09. The van der Waals surface area contributed by atoms with Crippen molar-refractivity contribution in [2.75, 3.05) is 23.3 Å². The summed E-state index contributed by atoms with van der Waals surface area (Å²) in [7, 11) is 0. The zero-order valence-electron chi connectivity index (χ0n) is 14.3. The molecule has 2 aromatic heterocycles. The Morgan fingerprint density at radius 3 is 2.92 bits per heavy atom. The van der Waals surface area contributed by atoms with Gasteiger partial charge in [0.25, 0.3) is 5.91 Å². The van der Waals surface area contributed by atoms with Crippen molar-refractivity contribution < 1.29 is 9.90 Å². The second-order valence-corrected chi connectivity index (χ2v) is 6.48. The lowest BCUT2D eigenvalue weighted by molar-refractivity contribution is 0.102. The van der Waals surface area contributed by atoms with Crippen LogP contribution in [-0.2, 0) is 0 Å². The van der Waals surface area contributed by atoms with Gasteiger partial charge in [-0.15, -0.1) is 0 Å². The van der Waals surface area contributed by atoms with Crippen molar-refractivity contribution in [1.82, 2.24) is 9.97 Å². The van der Waals surface area contributed by atoms with Gasteiger partial charge in [0, 0.05) is 36.6 Å². The molecule has 2 N–H and O–H groups in total. The summed E-state index contributed by atoms with van der Waals surface area (Å²) >= 11 is 0. The number of aliphatic hydroxyl groups is 1. The van der Waals surface area contributed by atoms with Crippen molar-refractivity contribution in [2.45, 2.75) is 18.9 Å². The van der Waals surface area contributed by atoms with E-state index in [2.05, 4.69) is 20.2 Å². The number of aliphatic hydroxyl groups excluding tert-OH is 1. The normalized spacial score (nSPS) is 17.3. The standard InChI is InChI=1S/C20H20N4O2/c25-16-6-3-11-24(13-16)15-8-10-21-18(12-15)20(26)23-17-7-1-4-14-5-2-9-22-19(14)17/h1-2,4-5,7-10,12,16,25H,3,6,11,13H2,(H,23,26)/t16-/m1/s1. The summed E-state index contributed by atoms with van der Waals surface area (Å²) in [6.07, 6.45) is 4.77. The molecule has 26 heavy (non-hydrogen) atoms. The highest BCUT2D eigenvalue weighted by molar-refractivity contribution is 6.07. The van der Waals surface area contributed by atoms with E-state index in [1.54, 1.807) is 18.5 Å². The number of hydrogen-bond donors (Lipinski definition) is 2. The van der Waals surface area contributed by atoms with Gasteiger partial charge < -0.3 is 15.3 Å². The number of fused-ring (bicyclic) bond motifs is 1. The molecular weight excluding hydrogens is 328 g/mol. The Labute approximate surface area is 151 Å². The Balaban J connectivity index is 1.57. The van der Waals surface area contributed by atoms with Gasteiger partial charge in [0.2, 0.25) is 0 Å². The van der Waals surface area contributed by atoms with Crippen molar-refractivity contribution in [3.63, 3.8) is 0 Å². The van der Waals surface area contributed by atoms with Crippen molar-refractivity contribution >= 4 is 28.2 Å². The van der Waals surface area contributed by atoms with Crippen LogP contribution in [0.1, 0.15) is 23.3 Å². The SMILES string of the molecule is O=C(Nc1cccc2cccnc12)c1cc(N2CCC[C@@H](O)C2)ccn1. The zero-order chi connectivity index (χ0) is 17.9. The second-order valence-electron chi connectivity index (χ2n) is 6.48. The lowest BCUT2D eigenvalue weighted by Gasteiger charge is -2.32. The van der Waals surface area contributed by atoms with Crippen LogP contribution in [0, 0.1) is 0 Å². The Bertz CT molecular complexity index is 939. The number of para-hydroxylation sites is 1. The number of piperidine rings is 1. The first-order valence-electron chi connectivity index (χ1n) is 8.75. The van der Waals surface area contributed by atoms with E-state index in [-0.39, 0.29) is 12.0 Å². The van der Waals surface area contributed by atoms with E-state index in [4.69, 9.17) is 0 Å². The number of hydrogen-bond acceptors (Lipinski definition) is 5. The lowest BCUT2D eigenvalue weighted by atomic mass is 10.1. The third kappa shape index (κ3) is 3.36. The van der Waals surface area contributed by atoms with Crippen molar-refractivity contribution in [3.05, 3.63) is 60.6 Å². The fraction of sp³-hybridized carbons (Fsp3) is 0.250. The average molecular weight is 348 g/mol. The molecule has 1 atom stereocenters. The molecule has 132 valence electrons. The van der Waals surface area contributed by atoms with Gasteiger partial charge in [-0.25, -0.2) is 0 Å². The summed E-state index contributed by atoms with van der Waals surface area (Å²) in [4.78, 5) is 23.3. The van der Waals surface area contributed by atoms with Crippen LogP contribution in [-0.4, -0.2) is 40.2 Å². The third-order valence-electron chi connectivity index (χ3n) is 4.62. The molecule has 0 saturated carbocycles. The number of anilines is 2. The number of nitrogens with zero attached hydrogens (tertiary/aromatic N) is 3. The van der Waals surface area contributed by atoms with Gasteiger partial charge >= 0.3 is 0 Å². The van der Waals surface area contributed by atoms with Crippen LogP contribution < -0.4 is 10.2 Å². The molecule has 0 bridgehead atoms. The molecule has 3 heterocycles. The summed E-state index contributed by atoms with van der Waals surface area (Å²) < 4.78 is 0. The summed E-state index contributed by atoms with van der Waals surface area (Å²) in [5, 5.41) is 13.7.